The maximum atomic E-state index is 11.5. The van der Waals surface area contributed by atoms with Crippen LogP contribution < -0.4 is 0 Å². The summed E-state index contributed by atoms with van der Waals surface area (Å²) >= 11 is 1.69. The summed E-state index contributed by atoms with van der Waals surface area (Å²) in [6.07, 6.45) is 2.47. The van der Waals surface area contributed by atoms with Gasteiger partial charge in [-0.25, -0.2) is 0 Å². The second-order valence-corrected chi connectivity index (χ2v) is 5.78. The number of aliphatic hydroxyl groups is 1. The van der Waals surface area contributed by atoms with Gasteiger partial charge in [-0.05, 0) is 30.5 Å². The van der Waals surface area contributed by atoms with Crippen LogP contribution >= 0.6 is 11.8 Å². The molecule has 2 atom stereocenters. The van der Waals surface area contributed by atoms with Gasteiger partial charge in [-0.2, -0.15) is 0 Å². The average molecular weight is 278 g/mol. The molecule has 0 aliphatic carbocycles. The van der Waals surface area contributed by atoms with Crippen molar-refractivity contribution in [2.75, 3.05) is 12.9 Å². The van der Waals surface area contributed by atoms with Gasteiger partial charge >= 0.3 is 5.97 Å². The number of hydrogen-bond acceptors (Lipinski definition) is 4. The van der Waals surface area contributed by atoms with Crippen molar-refractivity contribution < 1.29 is 14.6 Å². The molecule has 0 aromatic heterocycles. The zero-order valence-corrected chi connectivity index (χ0v) is 11.9. The standard InChI is InChI=1S/C15H18O3S/c1-10(15(17)18-2)12-5-3-4-11(8-12)9-14-13(16)6-7-19-14/h3-5,8-10,13,16H,6-7H2,1-2H3/b14-9+. The zero-order chi connectivity index (χ0) is 13.8. The van der Waals surface area contributed by atoms with Crippen LogP contribution in [-0.2, 0) is 9.53 Å². The van der Waals surface area contributed by atoms with Crippen LogP contribution in [0.5, 0.6) is 0 Å². The van der Waals surface area contributed by atoms with E-state index in [1.165, 1.54) is 7.11 Å². The Morgan fingerprint density at radius 3 is 3.00 bits per heavy atom. The molecular formula is C15H18O3S. The normalized spacial score (nSPS) is 22.5. The number of ether oxygens (including phenoxy) is 1. The van der Waals surface area contributed by atoms with Crippen LogP contribution in [0.25, 0.3) is 6.08 Å². The molecule has 1 aliphatic rings. The van der Waals surface area contributed by atoms with Crippen molar-refractivity contribution in [2.24, 2.45) is 0 Å². The number of benzene rings is 1. The third kappa shape index (κ3) is 3.39. The summed E-state index contributed by atoms with van der Waals surface area (Å²) in [4.78, 5) is 12.5. The van der Waals surface area contributed by atoms with E-state index in [1.54, 1.807) is 11.8 Å². The highest BCUT2D eigenvalue weighted by atomic mass is 32.2. The molecule has 1 aromatic carbocycles. The van der Waals surface area contributed by atoms with Gasteiger partial charge in [-0.3, -0.25) is 4.79 Å². The topological polar surface area (TPSA) is 46.5 Å². The van der Waals surface area contributed by atoms with Gasteiger partial charge in [0.15, 0.2) is 0 Å². The van der Waals surface area contributed by atoms with E-state index in [-0.39, 0.29) is 18.0 Å². The van der Waals surface area contributed by atoms with Crippen LogP contribution in [0.3, 0.4) is 0 Å². The summed E-state index contributed by atoms with van der Waals surface area (Å²) in [5, 5.41) is 9.79. The highest BCUT2D eigenvalue weighted by molar-refractivity contribution is 8.03. The number of carbonyl (C=O) groups is 1. The average Bonchev–Trinajstić information content (AvgIpc) is 2.83. The molecule has 1 N–H and O–H groups in total. The minimum Gasteiger partial charge on any atom is -0.469 e. The molecule has 102 valence electrons. The first-order valence-corrected chi connectivity index (χ1v) is 7.30. The molecule has 0 bridgehead atoms. The fourth-order valence-corrected chi connectivity index (χ4v) is 3.17. The van der Waals surface area contributed by atoms with Gasteiger partial charge in [0.25, 0.3) is 0 Å². The van der Waals surface area contributed by atoms with Gasteiger partial charge in [0.2, 0.25) is 0 Å². The molecule has 1 aromatic rings. The molecule has 0 saturated carbocycles. The molecule has 2 unspecified atom stereocenters. The molecule has 1 aliphatic heterocycles. The second kappa shape index (κ2) is 6.26. The Bertz CT molecular complexity index is 496. The van der Waals surface area contributed by atoms with Crippen LogP contribution in [0.1, 0.15) is 30.4 Å². The lowest BCUT2D eigenvalue weighted by Gasteiger charge is -2.10. The maximum Gasteiger partial charge on any atom is 0.312 e. The molecule has 0 amide bonds. The summed E-state index contributed by atoms with van der Waals surface area (Å²) in [5.74, 6) is 0.454. The fourth-order valence-electron chi connectivity index (χ4n) is 2.06. The third-order valence-corrected chi connectivity index (χ3v) is 4.43. The van der Waals surface area contributed by atoms with Crippen molar-refractivity contribution in [3.8, 4) is 0 Å². The van der Waals surface area contributed by atoms with Crippen molar-refractivity contribution in [2.45, 2.75) is 25.4 Å². The molecule has 2 rings (SSSR count). The van der Waals surface area contributed by atoms with Crippen LogP contribution in [0.4, 0.5) is 0 Å². The monoisotopic (exact) mass is 278 g/mol. The first-order chi connectivity index (χ1) is 9.11. The molecular weight excluding hydrogens is 260 g/mol. The second-order valence-electron chi connectivity index (χ2n) is 4.61. The van der Waals surface area contributed by atoms with E-state index in [2.05, 4.69) is 0 Å². The Morgan fingerprint density at radius 1 is 1.58 bits per heavy atom. The van der Waals surface area contributed by atoms with E-state index in [9.17, 15) is 9.90 Å². The zero-order valence-electron chi connectivity index (χ0n) is 11.1. The van der Waals surface area contributed by atoms with Crippen LogP contribution in [0, 0.1) is 0 Å². The lowest BCUT2D eigenvalue weighted by Crippen LogP contribution is -2.10. The number of hydrogen-bond donors (Lipinski definition) is 1. The molecule has 3 nitrogen and oxygen atoms in total. The Labute approximate surface area is 117 Å². The fraction of sp³-hybridized carbons (Fsp3) is 0.400. The smallest absolute Gasteiger partial charge is 0.312 e. The van der Waals surface area contributed by atoms with E-state index in [1.807, 2.05) is 37.3 Å². The van der Waals surface area contributed by atoms with Gasteiger partial charge < -0.3 is 9.84 Å². The summed E-state index contributed by atoms with van der Waals surface area (Å²) < 4.78 is 4.76. The number of methoxy groups -OCH3 is 1. The number of thioether (sulfide) groups is 1. The Hall–Kier alpha value is -1.26. The molecule has 0 radical (unpaired) electrons. The Kier molecular flexibility index (Phi) is 4.66. The third-order valence-electron chi connectivity index (χ3n) is 3.26. The number of esters is 1. The van der Waals surface area contributed by atoms with E-state index < -0.39 is 0 Å². The van der Waals surface area contributed by atoms with Gasteiger partial charge in [-0.1, -0.05) is 24.3 Å². The summed E-state index contributed by atoms with van der Waals surface area (Å²) in [6.45, 7) is 1.83. The quantitative estimate of drug-likeness (QED) is 0.864. The minimum absolute atomic E-state index is 0.236. The van der Waals surface area contributed by atoms with Crippen LogP contribution in [0.2, 0.25) is 0 Å². The highest BCUT2D eigenvalue weighted by Gasteiger charge is 2.19. The number of rotatable bonds is 3. The highest BCUT2D eigenvalue weighted by Crippen LogP contribution is 2.32. The lowest BCUT2D eigenvalue weighted by molar-refractivity contribution is -0.141. The van der Waals surface area contributed by atoms with Crippen molar-refractivity contribution in [3.63, 3.8) is 0 Å². The summed E-state index contributed by atoms with van der Waals surface area (Å²) in [6, 6.07) is 7.79. The molecule has 1 saturated heterocycles. The molecule has 0 spiro atoms. The minimum atomic E-state index is -0.341. The van der Waals surface area contributed by atoms with Crippen molar-refractivity contribution in [1.82, 2.24) is 0 Å². The number of aliphatic hydroxyl groups excluding tert-OH is 1. The first-order valence-electron chi connectivity index (χ1n) is 6.32. The predicted octanol–water partition coefficient (Wildman–Crippen LogP) is 2.80. The summed E-state index contributed by atoms with van der Waals surface area (Å²) in [7, 11) is 1.40. The van der Waals surface area contributed by atoms with E-state index >= 15 is 0 Å². The molecule has 1 fully saturated rings. The van der Waals surface area contributed by atoms with Crippen molar-refractivity contribution in [3.05, 3.63) is 40.3 Å². The van der Waals surface area contributed by atoms with Crippen molar-refractivity contribution >= 4 is 23.8 Å². The molecule has 1 heterocycles. The SMILES string of the molecule is COC(=O)C(C)c1cccc(/C=C2/SCCC2O)c1. The van der Waals surface area contributed by atoms with E-state index in [0.717, 1.165) is 28.2 Å². The van der Waals surface area contributed by atoms with Crippen LogP contribution in [0.15, 0.2) is 29.2 Å². The van der Waals surface area contributed by atoms with Gasteiger partial charge in [0.1, 0.15) is 0 Å². The van der Waals surface area contributed by atoms with E-state index in [4.69, 9.17) is 4.74 Å². The number of carbonyl (C=O) groups excluding carboxylic acids is 1. The summed E-state index contributed by atoms with van der Waals surface area (Å²) in [5.41, 5.74) is 1.94. The predicted molar refractivity (Wildman–Crippen MR) is 77.9 cm³/mol. The van der Waals surface area contributed by atoms with E-state index in [0.29, 0.717) is 0 Å². The maximum absolute atomic E-state index is 11.5. The Morgan fingerprint density at radius 2 is 2.37 bits per heavy atom. The largest absolute Gasteiger partial charge is 0.469 e. The van der Waals surface area contributed by atoms with Gasteiger partial charge in [0, 0.05) is 10.7 Å². The van der Waals surface area contributed by atoms with Crippen molar-refractivity contribution in [1.29, 1.82) is 0 Å². The first kappa shape index (κ1) is 14.2. The van der Waals surface area contributed by atoms with Gasteiger partial charge in [0.05, 0.1) is 19.1 Å². The molecule has 4 heteroatoms. The Balaban J connectivity index is 2.22. The van der Waals surface area contributed by atoms with Crippen LogP contribution in [-0.4, -0.2) is 30.0 Å². The molecule has 19 heavy (non-hydrogen) atoms. The van der Waals surface area contributed by atoms with Gasteiger partial charge in [-0.15, -0.1) is 11.8 Å². The lowest BCUT2D eigenvalue weighted by atomic mass is 9.99.